The van der Waals surface area contributed by atoms with Crippen LogP contribution in [0.5, 0.6) is 0 Å². The molecule has 0 aromatic carbocycles. The van der Waals surface area contributed by atoms with Gasteiger partial charge < -0.3 is 4.42 Å². The number of pyridine rings is 1. The highest BCUT2D eigenvalue weighted by atomic mass is 16.3. The molecule has 2 aromatic heterocycles. The van der Waals surface area contributed by atoms with E-state index in [1.165, 1.54) is 30.9 Å². The minimum absolute atomic E-state index is 0.0186. The molecule has 0 radical (unpaired) electrons. The number of carbonyl (C=O) groups is 1. The lowest BCUT2D eigenvalue weighted by atomic mass is 9.91. The molecule has 1 aliphatic rings. The van der Waals surface area contributed by atoms with Crippen molar-refractivity contribution in [3.05, 3.63) is 48.4 Å². The largest absolute Gasteiger partial charge is 0.442 e. The van der Waals surface area contributed by atoms with Gasteiger partial charge in [0.2, 0.25) is 5.78 Å². The first-order chi connectivity index (χ1) is 11.3. The quantitative estimate of drug-likeness (QED) is 0.734. The van der Waals surface area contributed by atoms with Crippen molar-refractivity contribution in [2.45, 2.75) is 38.6 Å². The fourth-order valence-corrected chi connectivity index (χ4v) is 3.20. The van der Waals surface area contributed by atoms with Gasteiger partial charge in [-0.05, 0) is 62.4 Å². The summed E-state index contributed by atoms with van der Waals surface area (Å²) >= 11 is 0. The zero-order valence-electron chi connectivity index (χ0n) is 13.4. The van der Waals surface area contributed by atoms with E-state index in [2.05, 4.69) is 27.0 Å². The number of ketones is 1. The average molecular weight is 313 g/mol. The summed E-state index contributed by atoms with van der Waals surface area (Å²) in [5, 5.41) is 0. The lowest BCUT2D eigenvalue weighted by molar-refractivity contribution is 0.0940. The molecule has 0 N–H and O–H groups in total. The molecule has 3 heterocycles. The van der Waals surface area contributed by atoms with Crippen molar-refractivity contribution in [2.24, 2.45) is 5.92 Å². The second kappa shape index (κ2) is 8.02. The van der Waals surface area contributed by atoms with Crippen molar-refractivity contribution < 1.29 is 9.21 Å². The van der Waals surface area contributed by atoms with Crippen LogP contribution < -0.4 is 0 Å². The van der Waals surface area contributed by atoms with E-state index >= 15 is 0 Å². The molecule has 0 saturated carbocycles. The molecule has 2 aromatic rings. The maximum absolute atomic E-state index is 11.8. The molecular weight excluding hydrogens is 290 g/mol. The molecule has 0 atom stereocenters. The highest BCUT2D eigenvalue weighted by Gasteiger charge is 2.19. The van der Waals surface area contributed by atoms with Gasteiger partial charge in [-0.2, -0.15) is 0 Å². The number of oxazole rings is 1. The third-order valence-corrected chi connectivity index (χ3v) is 4.55. The number of carbonyl (C=O) groups excluding carboxylic acids is 1. The van der Waals surface area contributed by atoms with Gasteiger partial charge >= 0.3 is 0 Å². The Morgan fingerprint density at radius 2 is 2.00 bits per heavy atom. The van der Waals surface area contributed by atoms with Crippen LogP contribution in [-0.4, -0.2) is 33.7 Å². The highest BCUT2D eigenvalue weighted by Crippen LogP contribution is 2.24. The maximum Gasteiger partial charge on any atom is 0.263 e. The minimum atomic E-state index is 0.0186. The van der Waals surface area contributed by atoms with Crippen LogP contribution in [0.4, 0.5) is 0 Å². The monoisotopic (exact) mass is 313 g/mol. The molecule has 0 unspecified atom stereocenters. The third-order valence-electron chi connectivity index (χ3n) is 4.55. The zero-order chi connectivity index (χ0) is 15.9. The Kier molecular flexibility index (Phi) is 5.53. The van der Waals surface area contributed by atoms with Crippen molar-refractivity contribution in [1.29, 1.82) is 0 Å². The smallest absolute Gasteiger partial charge is 0.263 e. The maximum atomic E-state index is 11.8. The molecule has 1 aliphatic heterocycles. The molecular formula is C18H23N3O2. The van der Waals surface area contributed by atoms with Gasteiger partial charge in [0.05, 0.1) is 6.20 Å². The first-order valence-corrected chi connectivity index (χ1v) is 8.35. The van der Waals surface area contributed by atoms with Crippen molar-refractivity contribution in [3.8, 4) is 0 Å². The van der Waals surface area contributed by atoms with Gasteiger partial charge in [0.15, 0.2) is 0 Å². The number of aromatic nitrogens is 2. The fourth-order valence-electron chi connectivity index (χ4n) is 3.20. The summed E-state index contributed by atoms with van der Waals surface area (Å²) in [5.41, 5.74) is 1.33. The fraction of sp³-hybridized carbons (Fsp3) is 0.500. The molecule has 0 amide bonds. The molecule has 23 heavy (non-hydrogen) atoms. The summed E-state index contributed by atoms with van der Waals surface area (Å²) in [4.78, 5) is 22.3. The predicted molar refractivity (Wildman–Crippen MR) is 86.9 cm³/mol. The Morgan fingerprint density at radius 1 is 1.22 bits per heavy atom. The van der Waals surface area contributed by atoms with E-state index in [-0.39, 0.29) is 11.7 Å². The average Bonchev–Trinajstić information content (AvgIpc) is 3.12. The lowest BCUT2D eigenvalue weighted by Crippen LogP contribution is -2.33. The number of nitrogens with zero attached hydrogens (tertiary/aromatic N) is 3. The van der Waals surface area contributed by atoms with E-state index in [9.17, 15) is 4.79 Å². The van der Waals surface area contributed by atoms with Crippen molar-refractivity contribution in [1.82, 2.24) is 14.9 Å². The first kappa shape index (κ1) is 15.9. The molecule has 5 heteroatoms. The second-order valence-corrected chi connectivity index (χ2v) is 6.23. The molecule has 0 bridgehead atoms. The van der Waals surface area contributed by atoms with E-state index in [0.29, 0.717) is 6.42 Å². The van der Waals surface area contributed by atoms with Crippen LogP contribution >= 0.6 is 0 Å². The van der Waals surface area contributed by atoms with E-state index in [1.807, 2.05) is 12.4 Å². The van der Waals surface area contributed by atoms with Gasteiger partial charge in [0, 0.05) is 25.4 Å². The van der Waals surface area contributed by atoms with Crippen LogP contribution in [0.2, 0.25) is 0 Å². The minimum Gasteiger partial charge on any atom is -0.442 e. The SMILES string of the molecule is O=C(CCCC1CCN(Cc2ccncc2)CC1)c1ncco1. The number of piperidine rings is 1. The Balaban J connectivity index is 1.34. The Morgan fingerprint density at radius 3 is 2.70 bits per heavy atom. The summed E-state index contributed by atoms with van der Waals surface area (Å²) in [7, 11) is 0. The molecule has 0 aliphatic carbocycles. The van der Waals surface area contributed by atoms with E-state index < -0.39 is 0 Å². The van der Waals surface area contributed by atoms with Crippen LogP contribution in [0.1, 0.15) is 48.4 Å². The lowest BCUT2D eigenvalue weighted by Gasteiger charge is -2.32. The number of rotatable bonds is 7. The van der Waals surface area contributed by atoms with Crippen LogP contribution in [0.25, 0.3) is 0 Å². The normalized spacial score (nSPS) is 16.5. The third kappa shape index (κ3) is 4.73. The van der Waals surface area contributed by atoms with Crippen LogP contribution in [-0.2, 0) is 6.54 Å². The van der Waals surface area contributed by atoms with Gasteiger partial charge in [-0.1, -0.05) is 0 Å². The molecule has 1 saturated heterocycles. The van der Waals surface area contributed by atoms with Crippen LogP contribution in [0.15, 0.2) is 41.4 Å². The predicted octanol–water partition coefficient (Wildman–Crippen LogP) is 3.33. The highest BCUT2D eigenvalue weighted by molar-refractivity contribution is 5.91. The molecule has 122 valence electrons. The number of hydrogen-bond acceptors (Lipinski definition) is 5. The summed E-state index contributed by atoms with van der Waals surface area (Å²) < 4.78 is 5.04. The van der Waals surface area contributed by atoms with Gasteiger partial charge in [-0.25, -0.2) is 4.98 Å². The van der Waals surface area contributed by atoms with E-state index in [4.69, 9.17) is 4.42 Å². The second-order valence-electron chi connectivity index (χ2n) is 6.23. The Hall–Kier alpha value is -2.01. The van der Waals surface area contributed by atoms with Gasteiger partial charge in [0.1, 0.15) is 6.26 Å². The van der Waals surface area contributed by atoms with Crippen LogP contribution in [0, 0.1) is 5.92 Å². The van der Waals surface area contributed by atoms with Gasteiger partial charge in [-0.3, -0.25) is 14.7 Å². The summed E-state index contributed by atoms with van der Waals surface area (Å²) in [6, 6.07) is 4.17. The van der Waals surface area contributed by atoms with Crippen molar-refractivity contribution in [2.75, 3.05) is 13.1 Å². The molecule has 3 rings (SSSR count). The van der Waals surface area contributed by atoms with Crippen molar-refractivity contribution >= 4 is 5.78 Å². The van der Waals surface area contributed by atoms with E-state index in [0.717, 1.165) is 38.4 Å². The first-order valence-electron chi connectivity index (χ1n) is 8.35. The topological polar surface area (TPSA) is 59.2 Å². The Bertz CT molecular complexity index is 590. The molecule has 1 fully saturated rings. The van der Waals surface area contributed by atoms with Crippen LogP contribution in [0.3, 0.4) is 0 Å². The summed E-state index contributed by atoms with van der Waals surface area (Å²) in [5.74, 6) is 1.00. The molecule has 0 spiro atoms. The molecule has 5 nitrogen and oxygen atoms in total. The number of likely N-dealkylation sites (tertiary alicyclic amines) is 1. The number of hydrogen-bond donors (Lipinski definition) is 0. The van der Waals surface area contributed by atoms with E-state index in [1.54, 1.807) is 0 Å². The summed E-state index contributed by atoms with van der Waals surface area (Å²) in [6.07, 6.45) is 11.7. The van der Waals surface area contributed by atoms with Crippen molar-refractivity contribution in [3.63, 3.8) is 0 Å². The summed E-state index contributed by atoms with van der Waals surface area (Å²) in [6.45, 7) is 3.29. The van der Waals surface area contributed by atoms with Gasteiger partial charge in [-0.15, -0.1) is 0 Å². The standard InChI is InChI=1S/C18H23N3O2/c22-17(18-20-10-13-23-18)3-1-2-15-6-11-21(12-7-15)14-16-4-8-19-9-5-16/h4-5,8-10,13,15H,1-3,6-7,11-12,14H2. The zero-order valence-corrected chi connectivity index (χ0v) is 13.4. The van der Waals surface area contributed by atoms with Gasteiger partial charge in [0.25, 0.3) is 5.89 Å². The Labute approximate surface area is 136 Å². The number of Topliss-reactive ketones (excluding diaryl/α,β-unsaturated/α-hetero) is 1.